The van der Waals surface area contributed by atoms with E-state index in [9.17, 15) is 4.79 Å². The molecule has 0 saturated heterocycles. The molecule has 0 spiro atoms. The number of imidazole rings is 1. The topological polar surface area (TPSA) is 84.7 Å². The van der Waals surface area contributed by atoms with Crippen molar-refractivity contribution in [3.05, 3.63) is 41.7 Å². The molecule has 0 radical (unpaired) electrons. The lowest BCUT2D eigenvalue weighted by molar-refractivity contribution is -0.117. The maximum absolute atomic E-state index is 12.1. The SMILES string of the molecule is [2H]C([2H])([2H])n1cc(C#Cc2cnc(NC)c3cnc(NC(=O)C4CC4)cc23)nc1C. The second-order valence-corrected chi connectivity index (χ2v) is 6.44. The molecule has 1 fully saturated rings. The molecular formula is C20H20N6O. The molecule has 7 nitrogen and oxygen atoms in total. The third kappa shape index (κ3) is 3.47. The van der Waals surface area contributed by atoms with Crippen molar-refractivity contribution >= 4 is 28.3 Å². The molecule has 136 valence electrons. The highest BCUT2D eigenvalue weighted by atomic mass is 16.2. The zero-order chi connectivity index (χ0) is 21.5. The van der Waals surface area contributed by atoms with Crippen LogP contribution in [-0.2, 0) is 11.8 Å². The minimum atomic E-state index is -2.31. The third-order valence-corrected chi connectivity index (χ3v) is 4.42. The van der Waals surface area contributed by atoms with Crippen molar-refractivity contribution in [2.75, 3.05) is 17.7 Å². The first-order valence-corrected chi connectivity index (χ1v) is 8.62. The zero-order valence-corrected chi connectivity index (χ0v) is 15.0. The van der Waals surface area contributed by atoms with Crippen molar-refractivity contribution in [1.29, 1.82) is 0 Å². The Hall–Kier alpha value is -3.40. The summed E-state index contributed by atoms with van der Waals surface area (Å²) in [6.07, 6.45) is 6.50. The number of hydrogen-bond donors (Lipinski definition) is 2. The molecule has 1 saturated carbocycles. The van der Waals surface area contributed by atoms with E-state index in [1.807, 2.05) is 0 Å². The fraction of sp³-hybridized carbons (Fsp3) is 0.300. The average Bonchev–Trinajstić information content (AvgIpc) is 3.47. The van der Waals surface area contributed by atoms with E-state index in [4.69, 9.17) is 4.11 Å². The predicted octanol–water partition coefficient (Wildman–Crippen LogP) is 2.46. The van der Waals surface area contributed by atoms with Crippen LogP contribution in [0.25, 0.3) is 10.8 Å². The summed E-state index contributed by atoms with van der Waals surface area (Å²) in [5.41, 5.74) is 0.972. The van der Waals surface area contributed by atoms with Gasteiger partial charge in [0.25, 0.3) is 0 Å². The largest absolute Gasteiger partial charge is 0.373 e. The highest BCUT2D eigenvalue weighted by Gasteiger charge is 2.29. The minimum absolute atomic E-state index is 0.0249. The summed E-state index contributed by atoms with van der Waals surface area (Å²) in [5, 5.41) is 7.40. The molecule has 1 amide bonds. The Morgan fingerprint density at radius 1 is 1.30 bits per heavy atom. The van der Waals surface area contributed by atoms with Gasteiger partial charge in [-0.05, 0) is 31.8 Å². The van der Waals surface area contributed by atoms with Gasteiger partial charge in [-0.1, -0.05) is 5.92 Å². The number of nitrogens with zero attached hydrogens (tertiary/aromatic N) is 4. The highest BCUT2D eigenvalue weighted by molar-refractivity contribution is 5.99. The van der Waals surface area contributed by atoms with E-state index < -0.39 is 6.98 Å². The molecule has 0 bridgehead atoms. The van der Waals surface area contributed by atoms with Crippen LogP contribution in [0.3, 0.4) is 0 Å². The van der Waals surface area contributed by atoms with Crippen LogP contribution in [0.5, 0.6) is 0 Å². The molecule has 3 aromatic rings. The first-order chi connectivity index (χ1) is 14.3. The summed E-state index contributed by atoms with van der Waals surface area (Å²) in [6, 6.07) is 1.77. The Morgan fingerprint density at radius 2 is 2.15 bits per heavy atom. The van der Waals surface area contributed by atoms with Crippen molar-refractivity contribution in [2.24, 2.45) is 12.9 Å². The summed E-state index contributed by atoms with van der Waals surface area (Å²) in [4.78, 5) is 25.0. The van der Waals surface area contributed by atoms with Gasteiger partial charge in [-0.2, -0.15) is 0 Å². The van der Waals surface area contributed by atoms with E-state index in [1.165, 1.54) is 6.20 Å². The van der Waals surface area contributed by atoms with Crippen LogP contribution in [0.15, 0.2) is 24.7 Å². The number of carbonyl (C=O) groups is 1. The zero-order valence-electron chi connectivity index (χ0n) is 18.0. The van der Waals surface area contributed by atoms with Gasteiger partial charge in [0.05, 0.1) is 5.56 Å². The number of pyridine rings is 2. The number of fused-ring (bicyclic) bond motifs is 1. The summed E-state index contributed by atoms with van der Waals surface area (Å²) in [5.74, 6) is 7.45. The van der Waals surface area contributed by atoms with Crippen molar-refractivity contribution in [3.8, 4) is 11.8 Å². The van der Waals surface area contributed by atoms with Gasteiger partial charge < -0.3 is 15.2 Å². The highest BCUT2D eigenvalue weighted by Crippen LogP contribution is 2.31. The van der Waals surface area contributed by atoms with Crippen molar-refractivity contribution < 1.29 is 8.91 Å². The first-order valence-electron chi connectivity index (χ1n) is 10.1. The second kappa shape index (κ2) is 6.72. The molecule has 0 unspecified atom stereocenters. The van der Waals surface area contributed by atoms with E-state index in [0.29, 0.717) is 28.7 Å². The maximum Gasteiger partial charge on any atom is 0.228 e. The van der Waals surface area contributed by atoms with Crippen molar-refractivity contribution in [2.45, 2.75) is 19.8 Å². The van der Waals surface area contributed by atoms with Crippen LogP contribution in [-0.4, -0.2) is 32.5 Å². The van der Waals surface area contributed by atoms with Gasteiger partial charge in [-0.25, -0.2) is 15.0 Å². The molecule has 3 aromatic heterocycles. The van der Waals surface area contributed by atoms with Crippen LogP contribution in [0.1, 0.15) is 34.0 Å². The average molecular weight is 363 g/mol. The Balaban J connectivity index is 1.73. The molecule has 0 aromatic carbocycles. The fourth-order valence-corrected chi connectivity index (χ4v) is 2.74. The molecule has 2 N–H and O–H groups in total. The normalized spacial score (nSPS) is 15.3. The van der Waals surface area contributed by atoms with Gasteiger partial charge in [0, 0.05) is 53.4 Å². The quantitative estimate of drug-likeness (QED) is 0.698. The van der Waals surface area contributed by atoms with Gasteiger partial charge in [-0.15, -0.1) is 0 Å². The minimum Gasteiger partial charge on any atom is -0.373 e. The van der Waals surface area contributed by atoms with Crippen LogP contribution in [0.2, 0.25) is 0 Å². The van der Waals surface area contributed by atoms with E-state index >= 15 is 0 Å². The first kappa shape index (κ1) is 13.8. The molecular weight excluding hydrogens is 340 g/mol. The third-order valence-electron chi connectivity index (χ3n) is 4.42. The summed E-state index contributed by atoms with van der Waals surface area (Å²) in [7, 11) is 1.76. The van der Waals surface area contributed by atoms with Crippen molar-refractivity contribution in [1.82, 2.24) is 19.5 Å². The number of amides is 1. The number of nitrogens with one attached hydrogen (secondary N) is 2. The van der Waals surface area contributed by atoms with Gasteiger partial charge in [0.1, 0.15) is 23.2 Å². The van der Waals surface area contributed by atoms with E-state index in [1.54, 1.807) is 32.4 Å². The van der Waals surface area contributed by atoms with Crippen LogP contribution in [0.4, 0.5) is 11.6 Å². The Labute approximate surface area is 161 Å². The van der Waals surface area contributed by atoms with Gasteiger partial charge in [0.2, 0.25) is 5.91 Å². The smallest absolute Gasteiger partial charge is 0.228 e. The van der Waals surface area contributed by atoms with E-state index in [2.05, 4.69) is 37.4 Å². The van der Waals surface area contributed by atoms with Crippen LogP contribution in [0, 0.1) is 24.7 Å². The standard InChI is InChI=1S/C20H20N6O/c1-12-24-15(11-26(12)3)7-6-14-9-23-19(21-2)17-10-22-18(8-16(14)17)25-20(27)13-4-5-13/h8-11,13H,4-5H2,1-3H3,(H,21,23)(H,22,25,27)/i3D3. The van der Waals surface area contributed by atoms with Crippen LogP contribution >= 0.6 is 0 Å². The number of carbonyl (C=O) groups excluding carboxylic acids is 1. The number of rotatable bonds is 3. The number of aryl methyl sites for hydroxylation is 2. The molecule has 4 rings (SSSR count). The second-order valence-electron chi connectivity index (χ2n) is 6.44. The number of anilines is 2. The predicted molar refractivity (Wildman–Crippen MR) is 104 cm³/mol. The lowest BCUT2D eigenvalue weighted by Crippen LogP contribution is -2.14. The Bertz CT molecular complexity index is 1200. The van der Waals surface area contributed by atoms with Gasteiger partial charge in [0.15, 0.2) is 0 Å². The van der Waals surface area contributed by atoms with E-state index in [-0.39, 0.29) is 11.8 Å². The van der Waals surface area contributed by atoms with Crippen LogP contribution < -0.4 is 10.6 Å². The molecule has 1 aliphatic rings. The molecule has 27 heavy (non-hydrogen) atoms. The van der Waals surface area contributed by atoms with Crippen molar-refractivity contribution in [3.63, 3.8) is 0 Å². The fourth-order valence-electron chi connectivity index (χ4n) is 2.74. The van der Waals surface area contributed by atoms with E-state index in [0.717, 1.165) is 28.2 Å². The summed E-state index contributed by atoms with van der Waals surface area (Å²) >= 11 is 0. The maximum atomic E-state index is 12.1. The molecule has 3 heterocycles. The Kier molecular flexibility index (Phi) is 3.43. The summed E-state index contributed by atoms with van der Waals surface area (Å²) < 4.78 is 23.7. The van der Waals surface area contributed by atoms with Gasteiger partial charge >= 0.3 is 0 Å². The van der Waals surface area contributed by atoms with Gasteiger partial charge in [-0.3, -0.25) is 4.79 Å². The summed E-state index contributed by atoms with van der Waals surface area (Å²) in [6.45, 7) is -0.684. The molecule has 1 aliphatic carbocycles. The molecule has 0 atom stereocenters. The Morgan fingerprint density at radius 3 is 2.85 bits per heavy atom. The lowest BCUT2D eigenvalue weighted by Gasteiger charge is -2.09. The molecule has 0 aliphatic heterocycles. The lowest BCUT2D eigenvalue weighted by atomic mass is 10.1. The monoisotopic (exact) mass is 363 g/mol. The number of aromatic nitrogens is 4. The number of hydrogen-bond acceptors (Lipinski definition) is 5. The molecule has 7 heteroatoms.